The molecule has 0 aliphatic carbocycles. The molecule has 0 bridgehead atoms. The number of rotatable bonds is 1. The third kappa shape index (κ3) is 1.39. The van der Waals surface area contributed by atoms with E-state index in [0.29, 0.717) is 6.04 Å². The van der Waals surface area contributed by atoms with Crippen molar-refractivity contribution in [1.82, 2.24) is 0 Å². The first-order valence-electron chi connectivity index (χ1n) is 4.98. The molecule has 2 N–H and O–H groups in total. The molecule has 0 aromatic heterocycles. The Balaban J connectivity index is 2.44. The first-order chi connectivity index (χ1) is 6.70. The number of hydrogen-bond donors (Lipinski definition) is 1. The molecule has 3 heteroatoms. The van der Waals surface area contributed by atoms with Crippen molar-refractivity contribution >= 4 is 11.4 Å². The fraction of sp³-hybridized carbons (Fsp3) is 0.455. The van der Waals surface area contributed by atoms with Gasteiger partial charge < -0.3 is 15.4 Å². The molecule has 0 spiro atoms. The summed E-state index contributed by atoms with van der Waals surface area (Å²) in [5.74, 6) is 0.840. The molecule has 0 radical (unpaired) electrons. The maximum atomic E-state index is 5.85. The molecule has 0 saturated carbocycles. The minimum Gasteiger partial charge on any atom is -0.487 e. The van der Waals surface area contributed by atoms with Gasteiger partial charge in [-0.1, -0.05) is 6.07 Å². The quantitative estimate of drug-likeness (QED) is 0.690. The Kier molecular flexibility index (Phi) is 2.23. The summed E-state index contributed by atoms with van der Waals surface area (Å²) in [7, 11) is 0. The Morgan fingerprint density at radius 2 is 2.21 bits per heavy atom. The lowest BCUT2D eigenvalue weighted by Gasteiger charge is -2.34. The highest BCUT2D eigenvalue weighted by Crippen LogP contribution is 2.37. The molecule has 14 heavy (non-hydrogen) atoms. The van der Waals surface area contributed by atoms with Gasteiger partial charge >= 0.3 is 0 Å². The minimum atomic E-state index is 0.486. The van der Waals surface area contributed by atoms with Crippen molar-refractivity contribution in [3.8, 4) is 5.75 Å². The number of para-hydroxylation sites is 1. The van der Waals surface area contributed by atoms with Gasteiger partial charge in [-0.25, -0.2) is 0 Å². The number of nitrogen functional groups attached to an aromatic ring is 1. The molecule has 2 rings (SSSR count). The van der Waals surface area contributed by atoms with Crippen molar-refractivity contribution in [2.45, 2.75) is 19.9 Å². The summed E-state index contributed by atoms with van der Waals surface area (Å²) >= 11 is 0. The van der Waals surface area contributed by atoms with Crippen LogP contribution in [0.3, 0.4) is 0 Å². The molecule has 0 fully saturated rings. The summed E-state index contributed by atoms with van der Waals surface area (Å²) in [5.41, 5.74) is 7.70. The first kappa shape index (κ1) is 9.19. The molecule has 1 heterocycles. The van der Waals surface area contributed by atoms with Gasteiger partial charge in [-0.2, -0.15) is 0 Å². The number of ether oxygens (including phenoxy) is 1. The number of anilines is 2. The maximum absolute atomic E-state index is 5.85. The van der Waals surface area contributed by atoms with Crippen LogP contribution in [-0.2, 0) is 0 Å². The molecule has 3 nitrogen and oxygen atoms in total. The van der Waals surface area contributed by atoms with E-state index in [0.717, 1.165) is 30.3 Å². The number of nitrogens with two attached hydrogens (primary N) is 1. The molecule has 1 aliphatic rings. The van der Waals surface area contributed by atoms with Gasteiger partial charge in [0.15, 0.2) is 5.75 Å². The Morgan fingerprint density at radius 1 is 1.43 bits per heavy atom. The van der Waals surface area contributed by atoms with Gasteiger partial charge in [-0.15, -0.1) is 0 Å². The van der Waals surface area contributed by atoms with Gasteiger partial charge in [0.1, 0.15) is 6.61 Å². The van der Waals surface area contributed by atoms with E-state index in [1.54, 1.807) is 0 Å². The fourth-order valence-corrected chi connectivity index (χ4v) is 1.83. The van der Waals surface area contributed by atoms with Gasteiger partial charge in [-0.05, 0) is 26.0 Å². The van der Waals surface area contributed by atoms with E-state index in [9.17, 15) is 0 Å². The van der Waals surface area contributed by atoms with Crippen molar-refractivity contribution < 1.29 is 4.74 Å². The van der Waals surface area contributed by atoms with Crippen LogP contribution in [0.1, 0.15) is 13.8 Å². The van der Waals surface area contributed by atoms with E-state index >= 15 is 0 Å². The van der Waals surface area contributed by atoms with Gasteiger partial charge in [0.25, 0.3) is 0 Å². The van der Waals surface area contributed by atoms with Crippen LogP contribution in [-0.4, -0.2) is 19.2 Å². The van der Waals surface area contributed by atoms with Crippen molar-refractivity contribution in [1.29, 1.82) is 0 Å². The van der Waals surface area contributed by atoms with Crippen LogP contribution in [0.15, 0.2) is 18.2 Å². The van der Waals surface area contributed by atoms with Crippen LogP contribution in [0.5, 0.6) is 5.75 Å². The van der Waals surface area contributed by atoms with E-state index in [2.05, 4.69) is 24.8 Å². The second-order valence-electron chi connectivity index (χ2n) is 3.83. The van der Waals surface area contributed by atoms with Crippen molar-refractivity contribution in [3.05, 3.63) is 18.2 Å². The second-order valence-corrected chi connectivity index (χ2v) is 3.83. The highest BCUT2D eigenvalue weighted by Gasteiger charge is 2.21. The van der Waals surface area contributed by atoms with Gasteiger partial charge in [0, 0.05) is 6.04 Å². The molecule has 1 aliphatic heterocycles. The van der Waals surface area contributed by atoms with Crippen LogP contribution in [0.25, 0.3) is 0 Å². The monoisotopic (exact) mass is 192 g/mol. The average Bonchev–Trinajstić information content (AvgIpc) is 2.17. The normalized spacial score (nSPS) is 15.2. The number of hydrogen-bond acceptors (Lipinski definition) is 3. The first-order valence-corrected chi connectivity index (χ1v) is 4.98. The predicted molar refractivity (Wildman–Crippen MR) is 58.8 cm³/mol. The third-order valence-corrected chi connectivity index (χ3v) is 2.54. The lowest BCUT2D eigenvalue weighted by Crippen LogP contribution is -2.38. The molecule has 0 saturated heterocycles. The largest absolute Gasteiger partial charge is 0.487 e. The van der Waals surface area contributed by atoms with E-state index in [1.165, 1.54) is 0 Å². The summed E-state index contributed by atoms with van der Waals surface area (Å²) in [6.07, 6.45) is 0. The summed E-state index contributed by atoms with van der Waals surface area (Å²) in [4.78, 5) is 2.31. The lowest BCUT2D eigenvalue weighted by molar-refractivity contribution is 0.304. The number of fused-ring (bicyclic) bond motifs is 1. The van der Waals surface area contributed by atoms with Crippen LogP contribution >= 0.6 is 0 Å². The standard InChI is InChI=1S/C11H16N2O/c1-8(2)13-6-7-14-11-9(12)4-3-5-10(11)13/h3-5,8H,6-7,12H2,1-2H3. The predicted octanol–water partition coefficient (Wildman–Crippen LogP) is 1.88. The Hall–Kier alpha value is -1.38. The van der Waals surface area contributed by atoms with Crippen LogP contribution < -0.4 is 15.4 Å². The van der Waals surface area contributed by atoms with E-state index in [1.807, 2.05) is 12.1 Å². The maximum Gasteiger partial charge on any atom is 0.165 e. The highest BCUT2D eigenvalue weighted by atomic mass is 16.5. The summed E-state index contributed by atoms with van der Waals surface area (Å²) < 4.78 is 5.57. The second kappa shape index (κ2) is 3.40. The highest BCUT2D eigenvalue weighted by molar-refractivity contribution is 5.71. The molecule has 1 aromatic rings. The molecule has 0 atom stereocenters. The Labute approximate surface area is 84.5 Å². The van der Waals surface area contributed by atoms with Crippen molar-refractivity contribution in [2.75, 3.05) is 23.8 Å². The molecule has 0 amide bonds. The summed E-state index contributed by atoms with van der Waals surface area (Å²) in [5, 5.41) is 0. The summed E-state index contributed by atoms with van der Waals surface area (Å²) in [6.45, 7) is 6.02. The minimum absolute atomic E-state index is 0.486. The fourth-order valence-electron chi connectivity index (χ4n) is 1.83. The molecular formula is C11H16N2O. The number of nitrogens with zero attached hydrogens (tertiary/aromatic N) is 1. The van der Waals surface area contributed by atoms with E-state index < -0.39 is 0 Å². The van der Waals surface area contributed by atoms with Gasteiger partial charge in [0.2, 0.25) is 0 Å². The van der Waals surface area contributed by atoms with E-state index in [-0.39, 0.29) is 0 Å². The molecule has 0 unspecified atom stereocenters. The Bertz CT molecular complexity index is 336. The van der Waals surface area contributed by atoms with Gasteiger partial charge in [-0.3, -0.25) is 0 Å². The van der Waals surface area contributed by atoms with Crippen molar-refractivity contribution in [2.24, 2.45) is 0 Å². The van der Waals surface area contributed by atoms with Crippen LogP contribution in [0.4, 0.5) is 11.4 Å². The zero-order chi connectivity index (χ0) is 10.1. The average molecular weight is 192 g/mol. The smallest absolute Gasteiger partial charge is 0.165 e. The van der Waals surface area contributed by atoms with Crippen LogP contribution in [0.2, 0.25) is 0 Å². The molecule has 1 aromatic carbocycles. The van der Waals surface area contributed by atoms with Crippen LogP contribution in [0, 0.1) is 0 Å². The third-order valence-electron chi connectivity index (χ3n) is 2.54. The Morgan fingerprint density at radius 3 is 2.93 bits per heavy atom. The lowest BCUT2D eigenvalue weighted by atomic mass is 10.2. The van der Waals surface area contributed by atoms with E-state index in [4.69, 9.17) is 10.5 Å². The molecular weight excluding hydrogens is 176 g/mol. The SMILES string of the molecule is CC(C)N1CCOc2c(N)cccc21. The number of benzene rings is 1. The zero-order valence-corrected chi connectivity index (χ0v) is 8.66. The molecule has 76 valence electrons. The van der Waals surface area contributed by atoms with Gasteiger partial charge in [0.05, 0.1) is 17.9 Å². The summed E-state index contributed by atoms with van der Waals surface area (Å²) in [6, 6.07) is 6.39. The zero-order valence-electron chi connectivity index (χ0n) is 8.66. The topological polar surface area (TPSA) is 38.5 Å². The van der Waals surface area contributed by atoms with Crippen molar-refractivity contribution in [3.63, 3.8) is 0 Å².